The fourth-order valence-corrected chi connectivity index (χ4v) is 1.84. The second-order valence-electron chi connectivity index (χ2n) is 4.54. The van der Waals surface area contributed by atoms with Crippen molar-refractivity contribution in [2.45, 2.75) is 32.2 Å². The minimum Gasteiger partial charge on any atom is -0.319 e. The van der Waals surface area contributed by atoms with Crippen LogP contribution in [0.25, 0.3) is 0 Å². The molecule has 0 heterocycles. The predicted molar refractivity (Wildman–Crippen MR) is 74.2 cm³/mol. The van der Waals surface area contributed by atoms with Gasteiger partial charge in [-0.05, 0) is 25.5 Å². The highest BCUT2D eigenvalue weighted by Crippen LogP contribution is 2.28. The van der Waals surface area contributed by atoms with E-state index in [9.17, 15) is 14.9 Å². The fraction of sp³-hybridized carbons (Fsp3) is 0.417. The lowest BCUT2D eigenvalue weighted by Crippen LogP contribution is -2.48. The first-order chi connectivity index (χ1) is 8.77. The lowest BCUT2D eigenvalue weighted by molar-refractivity contribution is -0.383. The van der Waals surface area contributed by atoms with Gasteiger partial charge in [-0.3, -0.25) is 14.9 Å². The van der Waals surface area contributed by atoms with Crippen LogP contribution in [-0.2, 0) is 4.79 Å². The number of nitrogens with one attached hydrogen (secondary N) is 1. The third-order valence-corrected chi connectivity index (χ3v) is 2.93. The molecule has 7 heteroatoms. The molecule has 1 aromatic rings. The Labute approximate surface area is 116 Å². The van der Waals surface area contributed by atoms with Gasteiger partial charge < -0.3 is 11.1 Å². The molecule has 0 radical (unpaired) electrons. The van der Waals surface area contributed by atoms with Crippen LogP contribution < -0.4 is 11.1 Å². The first-order valence-electron chi connectivity index (χ1n) is 5.82. The third kappa shape index (κ3) is 3.90. The van der Waals surface area contributed by atoms with E-state index in [2.05, 4.69) is 5.32 Å². The third-order valence-electron chi connectivity index (χ3n) is 2.69. The molecule has 104 valence electrons. The van der Waals surface area contributed by atoms with Crippen LogP contribution in [-0.4, -0.2) is 16.4 Å². The normalized spacial score (nSPS) is 13.7. The number of nitro benzene ring substituents is 1. The van der Waals surface area contributed by atoms with Crippen molar-refractivity contribution in [3.8, 4) is 0 Å². The van der Waals surface area contributed by atoms with Gasteiger partial charge in [0.05, 0.1) is 10.5 Å². The van der Waals surface area contributed by atoms with Crippen LogP contribution in [0.1, 0.15) is 26.7 Å². The number of carbonyl (C=O) groups excluding carboxylic acids is 1. The van der Waals surface area contributed by atoms with Crippen LogP contribution in [0.3, 0.4) is 0 Å². The number of hydrogen-bond acceptors (Lipinski definition) is 4. The molecule has 0 aromatic heterocycles. The van der Waals surface area contributed by atoms with Crippen molar-refractivity contribution in [2.75, 3.05) is 5.32 Å². The molecule has 0 aliphatic carbocycles. The van der Waals surface area contributed by atoms with Crippen molar-refractivity contribution in [2.24, 2.45) is 5.73 Å². The van der Waals surface area contributed by atoms with Gasteiger partial charge in [0.15, 0.2) is 0 Å². The van der Waals surface area contributed by atoms with E-state index in [0.29, 0.717) is 11.4 Å². The van der Waals surface area contributed by atoms with E-state index in [4.69, 9.17) is 17.3 Å². The van der Waals surface area contributed by atoms with E-state index in [1.165, 1.54) is 18.2 Å². The number of nitrogens with zero attached hydrogens (tertiary/aromatic N) is 1. The number of halogens is 1. The van der Waals surface area contributed by atoms with Crippen molar-refractivity contribution in [1.82, 2.24) is 0 Å². The molecule has 0 fully saturated rings. The highest BCUT2D eigenvalue weighted by atomic mass is 35.5. The molecule has 1 rings (SSSR count). The number of benzene rings is 1. The molecule has 6 nitrogen and oxygen atoms in total. The number of carbonyl (C=O) groups is 1. The summed E-state index contributed by atoms with van der Waals surface area (Å²) < 4.78 is 0. The number of nitro groups is 1. The van der Waals surface area contributed by atoms with Crippen LogP contribution in [0.2, 0.25) is 5.02 Å². The summed E-state index contributed by atoms with van der Waals surface area (Å²) in [6.45, 7) is 3.49. The lowest BCUT2D eigenvalue weighted by atomic mass is 9.96. The van der Waals surface area contributed by atoms with Gasteiger partial charge in [-0.2, -0.15) is 0 Å². The summed E-state index contributed by atoms with van der Waals surface area (Å²) in [5, 5.41) is 13.6. The molecule has 1 amide bonds. The average molecular weight is 286 g/mol. The van der Waals surface area contributed by atoms with Crippen LogP contribution in [0.4, 0.5) is 11.4 Å². The quantitative estimate of drug-likeness (QED) is 0.642. The van der Waals surface area contributed by atoms with E-state index >= 15 is 0 Å². The summed E-state index contributed by atoms with van der Waals surface area (Å²) in [6.07, 6.45) is 1.21. The molecule has 1 unspecified atom stereocenters. The Morgan fingerprint density at radius 2 is 2.21 bits per heavy atom. The maximum absolute atomic E-state index is 12.0. The summed E-state index contributed by atoms with van der Waals surface area (Å²) >= 11 is 5.78. The molecule has 0 aliphatic rings. The van der Waals surface area contributed by atoms with E-state index < -0.39 is 16.4 Å². The van der Waals surface area contributed by atoms with Gasteiger partial charge in [0.2, 0.25) is 5.91 Å². The van der Waals surface area contributed by atoms with Gasteiger partial charge in [-0.15, -0.1) is 0 Å². The Hall–Kier alpha value is -1.66. The van der Waals surface area contributed by atoms with E-state index in [-0.39, 0.29) is 11.4 Å². The summed E-state index contributed by atoms with van der Waals surface area (Å²) in [7, 11) is 0. The number of rotatable bonds is 5. The highest BCUT2D eigenvalue weighted by Gasteiger charge is 2.29. The average Bonchev–Trinajstić information content (AvgIpc) is 2.28. The van der Waals surface area contributed by atoms with Crippen molar-refractivity contribution >= 4 is 28.9 Å². The molecule has 0 bridgehead atoms. The van der Waals surface area contributed by atoms with Crippen molar-refractivity contribution in [3.05, 3.63) is 33.3 Å². The molecule has 0 saturated carbocycles. The zero-order chi connectivity index (χ0) is 14.6. The Kier molecular flexibility index (Phi) is 4.85. The highest BCUT2D eigenvalue weighted by molar-refractivity contribution is 6.31. The largest absolute Gasteiger partial charge is 0.319 e. The molecule has 0 saturated heterocycles. The molecule has 1 atom stereocenters. The van der Waals surface area contributed by atoms with E-state index in [1.807, 2.05) is 6.92 Å². The number of hydrogen-bond donors (Lipinski definition) is 2. The summed E-state index contributed by atoms with van der Waals surface area (Å²) in [4.78, 5) is 22.3. The maximum atomic E-state index is 12.0. The Bertz CT molecular complexity index is 503. The number of anilines is 1. The number of nitrogens with two attached hydrogens (primary N) is 1. The Morgan fingerprint density at radius 3 is 2.74 bits per heavy atom. The standard InChI is InChI=1S/C12H16ClN3O3/c1-3-6-12(2,14)11(17)15-9-7-8(13)4-5-10(9)16(18)19/h4-5,7H,3,6,14H2,1-2H3,(H,15,17). The zero-order valence-corrected chi connectivity index (χ0v) is 11.5. The zero-order valence-electron chi connectivity index (χ0n) is 10.8. The van der Waals surface area contributed by atoms with Crippen LogP contribution in [0.5, 0.6) is 0 Å². The topological polar surface area (TPSA) is 98.3 Å². The Morgan fingerprint density at radius 1 is 1.58 bits per heavy atom. The molecule has 3 N–H and O–H groups in total. The first kappa shape index (κ1) is 15.4. The predicted octanol–water partition coefficient (Wildman–Crippen LogP) is 2.70. The van der Waals surface area contributed by atoms with E-state index in [1.54, 1.807) is 6.92 Å². The lowest BCUT2D eigenvalue weighted by Gasteiger charge is -2.22. The fourth-order valence-electron chi connectivity index (χ4n) is 1.67. The van der Waals surface area contributed by atoms with Gasteiger partial charge in [0.1, 0.15) is 5.69 Å². The Balaban J connectivity index is 3.02. The SMILES string of the molecule is CCCC(C)(N)C(=O)Nc1cc(Cl)ccc1[N+](=O)[O-]. The second kappa shape index (κ2) is 5.99. The minimum atomic E-state index is -1.08. The van der Waals surface area contributed by atoms with Crippen molar-refractivity contribution in [1.29, 1.82) is 0 Å². The van der Waals surface area contributed by atoms with Gasteiger partial charge >= 0.3 is 0 Å². The molecule has 0 spiro atoms. The molecule has 0 aliphatic heterocycles. The monoisotopic (exact) mass is 285 g/mol. The summed E-state index contributed by atoms with van der Waals surface area (Å²) in [5.41, 5.74) is 4.62. The minimum absolute atomic E-state index is 0.0512. The van der Waals surface area contributed by atoms with E-state index in [0.717, 1.165) is 6.42 Å². The van der Waals surface area contributed by atoms with Gasteiger partial charge in [-0.1, -0.05) is 24.9 Å². The van der Waals surface area contributed by atoms with Crippen LogP contribution >= 0.6 is 11.6 Å². The summed E-state index contributed by atoms with van der Waals surface area (Å²) in [5.74, 6) is -0.472. The summed E-state index contributed by atoms with van der Waals surface area (Å²) in [6, 6.07) is 3.97. The van der Waals surface area contributed by atoms with Crippen molar-refractivity contribution < 1.29 is 9.72 Å². The second-order valence-corrected chi connectivity index (χ2v) is 4.98. The molecule has 19 heavy (non-hydrogen) atoms. The van der Waals surface area contributed by atoms with Crippen LogP contribution in [0.15, 0.2) is 18.2 Å². The maximum Gasteiger partial charge on any atom is 0.292 e. The molecular formula is C12H16ClN3O3. The van der Waals surface area contributed by atoms with Crippen LogP contribution in [0, 0.1) is 10.1 Å². The smallest absolute Gasteiger partial charge is 0.292 e. The number of amides is 1. The van der Waals surface area contributed by atoms with Gasteiger partial charge in [0, 0.05) is 11.1 Å². The first-order valence-corrected chi connectivity index (χ1v) is 6.20. The van der Waals surface area contributed by atoms with Gasteiger partial charge in [-0.25, -0.2) is 0 Å². The van der Waals surface area contributed by atoms with Gasteiger partial charge in [0.25, 0.3) is 5.69 Å². The van der Waals surface area contributed by atoms with Crippen molar-refractivity contribution in [3.63, 3.8) is 0 Å². The molecule has 1 aromatic carbocycles. The molecular weight excluding hydrogens is 270 g/mol.